The van der Waals surface area contributed by atoms with Crippen LogP contribution in [-0.4, -0.2) is 22.4 Å². The Balaban J connectivity index is 1.64. The van der Waals surface area contributed by atoms with Gasteiger partial charge in [-0.25, -0.2) is 22.9 Å². The number of sulfonamides is 1. The number of fused-ring (bicyclic) bond motifs is 3. The Hall–Kier alpha value is -3.27. The van der Waals surface area contributed by atoms with Crippen molar-refractivity contribution in [1.82, 2.24) is 14.0 Å². The zero-order valence-electron chi connectivity index (χ0n) is 16.7. The highest BCUT2D eigenvalue weighted by Crippen LogP contribution is 2.23. The highest BCUT2D eigenvalue weighted by Gasteiger charge is 2.14. The molecule has 5 rings (SSSR count). The molecule has 0 fully saturated rings. The minimum Gasteiger partial charge on any atom is -0.318 e. The average molecular weight is 451 g/mol. The maximum absolute atomic E-state index is 13.0. The molecule has 0 saturated carbocycles. The summed E-state index contributed by atoms with van der Waals surface area (Å²) < 4.78 is 27.3. The maximum atomic E-state index is 13.0. The number of nitrogens with two attached hydrogens (primary N) is 1. The molecule has 0 aliphatic heterocycles. The number of para-hydroxylation sites is 2. The Morgan fingerprint density at radius 3 is 2.48 bits per heavy atom. The van der Waals surface area contributed by atoms with Crippen LogP contribution in [0.25, 0.3) is 27.8 Å². The van der Waals surface area contributed by atoms with Gasteiger partial charge in [0.1, 0.15) is 0 Å². The molecule has 31 heavy (non-hydrogen) atoms. The van der Waals surface area contributed by atoms with Gasteiger partial charge in [-0.15, -0.1) is 0 Å². The molecule has 0 saturated heterocycles. The zero-order valence-corrected chi connectivity index (χ0v) is 18.4. The molecule has 2 N–H and O–H groups in total. The first kappa shape index (κ1) is 19.7. The first-order valence-electron chi connectivity index (χ1n) is 9.48. The van der Waals surface area contributed by atoms with Gasteiger partial charge in [-0.3, -0.25) is 4.79 Å². The summed E-state index contributed by atoms with van der Waals surface area (Å²) in [6.07, 6.45) is 1.88. The van der Waals surface area contributed by atoms with Crippen LogP contribution in [0.1, 0.15) is 17.0 Å². The van der Waals surface area contributed by atoms with E-state index in [2.05, 4.69) is 4.98 Å². The Morgan fingerprint density at radius 2 is 1.77 bits per heavy atom. The highest BCUT2D eigenvalue weighted by molar-refractivity contribution is 7.89. The molecule has 5 aromatic rings. The fourth-order valence-electron chi connectivity index (χ4n) is 3.87. The number of nitrogens with zero attached hydrogens (tertiary/aromatic N) is 3. The average Bonchev–Trinajstić information content (AvgIpc) is 3.32. The van der Waals surface area contributed by atoms with Crippen LogP contribution in [0.5, 0.6) is 0 Å². The number of thiazole rings is 1. The second kappa shape index (κ2) is 6.88. The molecule has 0 unspecified atom stereocenters. The smallest absolute Gasteiger partial charge is 0.274 e. The summed E-state index contributed by atoms with van der Waals surface area (Å²) in [7, 11) is -3.74. The van der Waals surface area contributed by atoms with Gasteiger partial charge in [0.05, 0.1) is 20.5 Å². The summed E-state index contributed by atoms with van der Waals surface area (Å²) in [4.78, 5) is 18.3. The van der Waals surface area contributed by atoms with Crippen molar-refractivity contribution in [2.24, 2.45) is 5.14 Å². The van der Waals surface area contributed by atoms with Crippen LogP contribution in [0.4, 0.5) is 0 Å². The third kappa shape index (κ3) is 3.18. The molecular formula is C22H18N4O3S2. The summed E-state index contributed by atoms with van der Waals surface area (Å²) in [5.74, 6) is 0. The number of hydrogen-bond acceptors (Lipinski definition) is 5. The molecule has 3 heterocycles. The first-order valence-corrected chi connectivity index (χ1v) is 11.8. The molecule has 0 atom stereocenters. The highest BCUT2D eigenvalue weighted by atomic mass is 32.2. The van der Waals surface area contributed by atoms with Crippen molar-refractivity contribution in [3.05, 3.63) is 86.4 Å². The summed E-state index contributed by atoms with van der Waals surface area (Å²) in [6.45, 7) is 3.93. The lowest BCUT2D eigenvalue weighted by Gasteiger charge is -2.10. The zero-order chi connectivity index (χ0) is 21.9. The lowest BCUT2D eigenvalue weighted by Crippen LogP contribution is -2.22. The van der Waals surface area contributed by atoms with Gasteiger partial charge in [0.15, 0.2) is 4.96 Å². The van der Waals surface area contributed by atoms with Crippen LogP contribution in [-0.2, 0) is 10.0 Å². The topological polar surface area (TPSA) is 99.5 Å². The van der Waals surface area contributed by atoms with E-state index in [0.717, 1.165) is 33.7 Å². The van der Waals surface area contributed by atoms with E-state index in [-0.39, 0.29) is 10.5 Å². The predicted molar refractivity (Wildman–Crippen MR) is 122 cm³/mol. The van der Waals surface area contributed by atoms with Crippen molar-refractivity contribution in [2.75, 3.05) is 0 Å². The van der Waals surface area contributed by atoms with Crippen LogP contribution >= 0.6 is 11.3 Å². The predicted octanol–water partition coefficient (Wildman–Crippen LogP) is 2.51. The monoisotopic (exact) mass is 450 g/mol. The van der Waals surface area contributed by atoms with E-state index in [1.165, 1.54) is 23.5 Å². The van der Waals surface area contributed by atoms with Crippen LogP contribution in [0, 0.1) is 13.8 Å². The molecule has 156 valence electrons. The third-order valence-electron chi connectivity index (χ3n) is 5.33. The number of rotatable bonds is 3. The fourth-order valence-corrected chi connectivity index (χ4v) is 5.36. The quantitative estimate of drug-likeness (QED) is 0.457. The summed E-state index contributed by atoms with van der Waals surface area (Å²) in [5, 5.41) is 5.19. The standard InChI is InChI=1S/C22H18N4O3S2/c1-13-11-15(14(2)25(13)16-7-9-17(10-8-16)31(23,28)29)12-20-21(27)26-19-6-4-3-5-18(19)24-22(26)30-20/h3-12H,1-2H3,(H2,23,28,29). The van der Waals surface area contributed by atoms with Crippen molar-refractivity contribution in [3.63, 3.8) is 0 Å². The van der Waals surface area contributed by atoms with Crippen LogP contribution in [0.3, 0.4) is 0 Å². The van der Waals surface area contributed by atoms with E-state index < -0.39 is 10.0 Å². The van der Waals surface area contributed by atoms with Crippen molar-refractivity contribution < 1.29 is 8.42 Å². The number of imidazole rings is 1. The van der Waals surface area contributed by atoms with E-state index >= 15 is 0 Å². The molecule has 0 aliphatic rings. The van der Waals surface area contributed by atoms with E-state index in [0.29, 0.717) is 9.49 Å². The van der Waals surface area contributed by atoms with E-state index in [9.17, 15) is 13.2 Å². The van der Waals surface area contributed by atoms with Gasteiger partial charge < -0.3 is 4.57 Å². The summed E-state index contributed by atoms with van der Waals surface area (Å²) in [5.41, 5.74) is 5.16. The molecule has 7 nitrogen and oxygen atoms in total. The molecule has 9 heteroatoms. The Bertz CT molecular complexity index is 1690. The molecule has 3 aromatic heterocycles. The van der Waals surface area contributed by atoms with Crippen LogP contribution < -0.4 is 15.2 Å². The second-order valence-corrected chi connectivity index (χ2v) is 9.91. The van der Waals surface area contributed by atoms with Gasteiger partial charge in [-0.2, -0.15) is 0 Å². The lowest BCUT2D eigenvalue weighted by atomic mass is 10.2. The SMILES string of the molecule is Cc1cc(C=c2sc3nc4ccccc4n3c2=O)c(C)n1-c1ccc(S(N)(=O)=O)cc1. The molecular weight excluding hydrogens is 432 g/mol. The van der Waals surface area contributed by atoms with Crippen LogP contribution in [0.15, 0.2) is 64.3 Å². The maximum Gasteiger partial charge on any atom is 0.274 e. The van der Waals surface area contributed by atoms with Gasteiger partial charge in [-0.1, -0.05) is 23.5 Å². The van der Waals surface area contributed by atoms with E-state index in [4.69, 9.17) is 5.14 Å². The van der Waals surface area contributed by atoms with Crippen molar-refractivity contribution in [3.8, 4) is 5.69 Å². The van der Waals surface area contributed by atoms with Gasteiger partial charge in [0.25, 0.3) is 5.56 Å². The third-order valence-corrected chi connectivity index (χ3v) is 7.22. The Kier molecular flexibility index (Phi) is 4.37. The fraction of sp³-hybridized carbons (Fsp3) is 0.0909. The van der Waals surface area contributed by atoms with Crippen LogP contribution in [0.2, 0.25) is 0 Å². The Labute approximate surface area is 181 Å². The number of aromatic nitrogens is 3. The number of benzene rings is 2. The van der Waals surface area contributed by atoms with Crippen molar-refractivity contribution in [2.45, 2.75) is 18.7 Å². The number of primary sulfonamides is 1. The largest absolute Gasteiger partial charge is 0.318 e. The van der Waals surface area contributed by atoms with Gasteiger partial charge in [0, 0.05) is 17.1 Å². The molecule has 2 aromatic carbocycles. The number of hydrogen-bond donors (Lipinski definition) is 1. The molecule has 0 aliphatic carbocycles. The first-order chi connectivity index (χ1) is 14.7. The normalized spacial score (nSPS) is 12.9. The molecule has 0 spiro atoms. The number of aryl methyl sites for hydroxylation is 1. The minimum atomic E-state index is -3.74. The molecule has 0 radical (unpaired) electrons. The van der Waals surface area contributed by atoms with E-state index in [1.54, 1.807) is 16.5 Å². The van der Waals surface area contributed by atoms with Crippen molar-refractivity contribution in [1.29, 1.82) is 0 Å². The Morgan fingerprint density at radius 1 is 1.06 bits per heavy atom. The van der Waals surface area contributed by atoms with Crippen molar-refractivity contribution >= 4 is 43.4 Å². The molecule has 0 bridgehead atoms. The van der Waals surface area contributed by atoms with E-state index in [1.807, 2.05) is 54.8 Å². The van der Waals surface area contributed by atoms with Gasteiger partial charge in [0.2, 0.25) is 10.0 Å². The second-order valence-electron chi connectivity index (χ2n) is 7.34. The molecule has 0 amide bonds. The minimum absolute atomic E-state index is 0.0654. The lowest BCUT2D eigenvalue weighted by molar-refractivity contribution is 0.598. The van der Waals surface area contributed by atoms with Gasteiger partial charge in [-0.05, 0) is 68.0 Å². The summed E-state index contributed by atoms with van der Waals surface area (Å²) >= 11 is 1.36. The summed E-state index contributed by atoms with van der Waals surface area (Å²) in [6, 6.07) is 16.0. The van der Waals surface area contributed by atoms with Gasteiger partial charge >= 0.3 is 0 Å².